The first-order valence-electron chi connectivity index (χ1n) is 5.95. The molecule has 0 aliphatic carbocycles. The highest BCUT2D eigenvalue weighted by molar-refractivity contribution is 7.17. The molecule has 3 rings (SSSR count). The molecule has 1 saturated heterocycles. The van der Waals surface area contributed by atoms with Gasteiger partial charge in [0.25, 0.3) is 0 Å². The molecule has 0 amide bonds. The first kappa shape index (κ1) is 11.0. The molecule has 0 spiro atoms. The van der Waals surface area contributed by atoms with Crippen LogP contribution in [0.5, 0.6) is 0 Å². The number of hydrogen-bond acceptors (Lipinski definition) is 4. The summed E-state index contributed by atoms with van der Waals surface area (Å²) in [6, 6.07) is 4.16. The second-order valence-electron chi connectivity index (χ2n) is 4.99. The lowest BCUT2D eigenvalue weighted by Crippen LogP contribution is -2.46. The quantitative estimate of drug-likeness (QED) is 0.843. The van der Waals surface area contributed by atoms with Crippen LogP contribution in [0.2, 0.25) is 0 Å². The van der Waals surface area contributed by atoms with Gasteiger partial charge in [-0.25, -0.2) is 4.98 Å². The number of aliphatic hydroxyl groups is 1. The normalized spacial score (nSPS) is 25.4. The molecule has 1 aliphatic rings. The number of piperidine rings is 1. The van der Waals surface area contributed by atoms with Crippen molar-refractivity contribution in [3.63, 3.8) is 0 Å². The summed E-state index contributed by atoms with van der Waals surface area (Å²) in [5.74, 6) is 1.02. The van der Waals surface area contributed by atoms with Gasteiger partial charge in [0.15, 0.2) is 0 Å². The fourth-order valence-electron chi connectivity index (χ4n) is 2.53. The van der Waals surface area contributed by atoms with Gasteiger partial charge in [-0.3, -0.25) is 0 Å². The van der Waals surface area contributed by atoms with Gasteiger partial charge in [0, 0.05) is 29.4 Å². The van der Waals surface area contributed by atoms with E-state index in [0.29, 0.717) is 6.54 Å². The van der Waals surface area contributed by atoms with Crippen molar-refractivity contribution in [3.8, 4) is 0 Å². The zero-order chi connectivity index (χ0) is 11.9. The van der Waals surface area contributed by atoms with Gasteiger partial charge in [0.2, 0.25) is 0 Å². The molecule has 3 nitrogen and oxygen atoms in total. The number of rotatable bonds is 1. The average molecular weight is 248 g/mol. The number of nitrogens with zero attached hydrogens (tertiary/aromatic N) is 2. The van der Waals surface area contributed by atoms with Gasteiger partial charge in [0.1, 0.15) is 5.82 Å². The monoisotopic (exact) mass is 248 g/mol. The summed E-state index contributed by atoms with van der Waals surface area (Å²) in [6.07, 6.45) is 3.76. The highest BCUT2D eigenvalue weighted by Crippen LogP contribution is 2.31. The average Bonchev–Trinajstić information content (AvgIpc) is 2.75. The van der Waals surface area contributed by atoms with E-state index in [1.807, 2.05) is 19.2 Å². The van der Waals surface area contributed by atoms with Crippen LogP contribution < -0.4 is 4.90 Å². The first-order chi connectivity index (χ1) is 8.16. The molecule has 2 aromatic heterocycles. The summed E-state index contributed by atoms with van der Waals surface area (Å²) in [6.45, 7) is 3.57. The maximum absolute atomic E-state index is 10.2. The van der Waals surface area contributed by atoms with Crippen LogP contribution in [-0.2, 0) is 0 Å². The molecule has 2 aromatic rings. The van der Waals surface area contributed by atoms with Crippen molar-refractivity contribution >= 4 is 27.2 Å². The van der Waals surface area contributed by atoms with E-state index >= 15 is 0 Å². The summed E-state index contributed by atoms with van der Waals surface area (Å²) < 4.78 is 1.26. The zero-order valence-corrected chi connectivity index (χ0v) is 10.7. The highest BCUT2D eigenvalue weighted by atomic mass is 32.1. The molecule has 1 fully saturated rings. The van der Waals surface area contributed by atoms with Crippen LogP contribution in [0, 0.1) is 0 Å². The molecule has 4 heteroatoms. The Hall–Kier alpha value is -1.13. The molecular weight excluding hydrogens is 232 g/mol. The van der Waals surface area contributed by atoms with Crippen LogP contribution in [-0.4, -0.2) is 28.8 Å². The van der Waals surface area contributed by atoms with Crippen molar-refractivity contribution in [1.29, 1.82) is 0 Å². The number of aromatic nitrogens is 1. The van der Waals surface area contributed by atoms with Crippen LogP contribution in [0.4, 0.5) is 5.82 Å². The Morgan fingerprint density at radius 2 is 2.35 bits per heavy atom. The largest absolute Gasteiger partial charge is 0.388 e. The van der Waals surface area contributed by atoms with Crippen LogP contribution in [0.25, 0.3) is 10.1 Å². The molecular formula is C13H16N2OS. The predicted octanol–water partition coefficient (Wildman–Crippen LogP) is 2.65. The van der Waals surface area contributed by atoms with E-state index < -0.39 is 5.60 Å². The molecule has 1 atom stereocenters. The number of fused-ring (bicyclic) bond motifs is 1. The van der Waals surface area contributed by atoms with Crippen molar-refractivity contribution in [3.05, 3.63) is 23.7 Å². The minimum Gasteiger partial charge on any atom is -0.388 e. The van der Waals surface area contributed by atoms with Crippen LogP contribution in [0.15, 0.2) is 23.7 Å². The first-order valence-corrected chi connectivity index (χ1v) is 6.83. The summed E-state index contributed by atoms with van der Waals surface area (Å²) >= 11 is 1.74. The van der Waals surface area contributed by atoms with E-state index in [2.05, 4.69) is 21.3 Å². The van der Waals surface area contributed by atoms with Crippen molar-refractivity contribution in [1.82, 2.24) is 4.98 Å². The number of thiophene rings is 1. The fourth-order valence-corrected chi connectivity index (χ4v) is 3.31. The minimum absolute atomic E-state index is 0.585. The summed E-state index contributed by atoms with van der Waals surface area (Å²) in [5.41, 5.74) is -0.585. The molecule has 3 heterocycles. The molecule has 17 heavy (non-hydrogen) atoms. The number of hydrogen-bond donors (Lipinski definition) is 1. The molecule has 0 bridgehead atoms. The summed E-state index contributed by atoms with van der Waals surface area (Å²) in [5, 5.41) is 13.5. The van der Waals surface area contributed by atoms with E-state index in [4.69, 9.17) is 0 Å². The van der Waals surface area contributed by atoms with E-state index in [0.717, 1.165) is 25.2 Å². The van der Waals surface area contributed by atoms with E-state index in [9.17, 15) is 5.11 Å². The van der Waals surface area contributed by atoms with Gasteiger partial charge >= 0.3 is 0 Å². The smallest absolute Gasteiger partial charge is 0.137 e. The van der Waals surface area contributed by atoms with Gasteiger partial charge in [-0.1, -0.05) is 0 Å². The maximum atomic E-state index is 10.2. The lowest BCUT2D eigenvalue weighted by Gasteiger charge is -2.37. The third-order valence-electron chi connectivity index (χ3n) is 3.33. The van der Waals surface area contributed by atoms with Gasteiger partial charge in [0.05, 0.1) is 5.60 Å². The van der Waals surface area contributed by atoms with Crippen molar-refractivity contribution in [2.24, 2.45) is 0 Å². The summed E-state index contributed by atoms with van der Waals surface area (Å²) in [7, 11) is 0. The minimum atomic E-state index is -0.585. The molecule has 90 valence electrons. The number of β-amino-alcohol motifs (C(OH)–C–C–N with tert-alkyl or cyclic N) is 1. The Bertz CT molecular complexity index is 535. The lowest BCUT2D eigenvalue weighted by atomic mass is 9.95. The fraction of sp³-hybridized carbons (Fsp3) is 0.462. The molecule has 0 radical (unpaired) electrons. The molecule has 0 aromatic carbocycles. The summed E-state index contributed by atoms with van der Waals surface area (Å²) in [4.78, 5) is 6.70. The zero-order valence-electron chi connectivity index (χ0n) is 9.89. The third-order valence-corrected chi connectivity index (χ3v) is 4.22. The molecule has 1 unspecified atom stereocenters. The Labute approximate surface area is 105 Å². The molecule has 1 aliphatic heterocycles. The van der Waals surface area contributed by atoms with Gasteiger partial charge in [-0.05, 0) is 37.3 Å². The third kappa shape index (κ3) is 2.03. The van der Waals surface area contributed by atoms with Crippen molar-refractivity contribution < 1.29 is 5.11 Å². The second kappa shape index (κ2) is 3.96. The standard InChI is InChI=1S/C13H16N2OS/c1-13(16)5-2-7-15(9-13)12-10-4-8-17-11(10)3-6-14-12/h3-4,6,8,16H,2,5,7,9H2,1H3. The lowest BCUT2D eigenvalue weighted by molar-refractivity contribution is 0.0448. The van der Waals surface area contributed by atoms with Crippen LogP contribution >= 0.6 is 11.3 Å². The van der Waals surface area contributed by atoms with E-state index in [-0.39, 0.29) is 0 Å². The van der Waals surface area contributed by atoms with Gasteiger partial charge < -0.3 is 10.0 Å². The molecule has 0 saturated carbocycles. The number of anilines is 1. The van der Waals surface area contributed by atoms with Crippen LogP contribution in [0.3, 0.4) is 0 Å². The van der Waals surface area contributed by atoms with Crippen molar-refractivity contribution in [2.45, 2.75) is 25.4 Å². The van der Waals surface area contributed by atoms with Crippen molar-refractivity contribution in [2.75, 3.05) is 18.0 Å². The topological polar surface area (TPSA) is 36.4 Å². The maximum Gasteiger partial charge on any atom is 0.137 e. The SMILES string of the molecule is CC1(O)CCCN(c2nccc3sccc23)C1. The van der Waals surface area contributed by atoms with Gasteiger partial charge in [-0.15, -0.1) is 11.3 Å². The van der Waals surface area contributed by atoms with E-state index in [1.165, 1.54) is 10.1 Å². The predicted molar refractivity (Wildman–Crippen MR) is 71.7 cm³/mol. The highest BCUT2D eigenvalue weighted by Gasteiger charge is 2.29. The number of pyridine rings is 1. The Kier molecular flexibility index (Phi) is 2.56. The molecule has 1 N–H and O–H groups in total. The Balaban J connectivity index is 2.00. The van der Waals surface area contributed by atoms with E-state index in [1.54, 1.807) is 11.3 Å². The Morgan fingerprint density at radius 1 is 1.47 bits per heavy atom. The van der Waals surface area contributed by atoms with Gasteiger partial charge in [-0.2, -0.15) is 0 Å². The second-order valence-corrected chi connectivity index (χ2v) is 5.94. The Morgan fingerprint density at radius 3 is 3.18 bits per heavy atom. The van der Waals surface area contributed by atoms with Crippen LogP contribution in [0.1, 0.15) is 19.8 Å².